The highest BCUT2D eigenvalue weighted by molar-refractivity contribution is 7.91. The summed E-state index contributed by atoms with van der Waals surface area (Å²) in [5.41, 5.74) is 13.8. The summed E-state index contributed by atoms with van der Waals surface area (Å²) in [7, 11) is -3.06. The fourth-order valence-corrected chi connectivity index (χ4v) is 18.5. The molecular formula is C129H210N4O4S3. The molecule has 4 aliphatic carbocycles. The molecule has 2 N–H and O–H groups in total. The summed E-state index contributed by atoms with van der Waals surface area (Å²) >= 11 is 3.60. The quantitative estimate of drug-likeness (QED) is 0.0692. The summed E-state index contributed by atoms with van der Waals surface area (Å²) < 4.78 is 33.4. The molecule has 140 heavy (non-hydrogen) atoms. The number of furan rings is 2. The second kappa shape index (κ2) is 75.9. The van der Waals surface area contributed by atoms with Gasteiger partial charge in [0.15, 0.2) is 9.84 Å². The molecule has 2 bridgehead atoms. The summed E-state index contributed by atoms with van der Waals surface area (Å²) in [5, 5.41) is 6.44. The Balaban J connectivity index is 0. The number of hydrogen-bond donors (Lipinski definition) is 2. The van der Waals surface area contributed by atoms with E-state index in [0.29, 0.717) is 63.6 Å². The van der Waals surface area contributed by atoms with Crippen LogP contribution >= 0.6 is 22.7 Å². The van der Waals surface area contributed by atoms with Gasteiger partial charge in [-0.05, 0) is 270 Å². The van der Waals surface area contributed by atoms with Gasteiger partial charge in [-0.2, -0.15) is 11.3 Å². The highest BCUT2D eigenvalue weighted by atomic mass is 32.2. The van der Waals surface area contributed by atoms with E-state index in [9.17, 15) is 8.42 Å². The zero-order valence-electron chi connectivity index (χ0n) is 94.3. The number of aromatic amines is 2. The van der Waals surface area contributed by atoms with Crippen molar-refractivity contribution in [2.24, 2.45) is 76.4 Å². The lowest BCUT2D eigenvalue weighted by atomic mass is 9.69. The average molecular weight is 1980 g/mol. The Labute approximate surface area is 872 Å². The van der Waals surface area contributed by atoms with E-state index in [-0.39, 0.29) is 20.6 Å². The van der Waals surface area contributed by atoms with Crippen LogP contribution in [0, 0.1) is 97.2 Å². The van der Waals surface area contributed by atoms with Gasteiger partial charge in [0.2, 0.25) is 0 Å². The van der Waals surface area contributed by atoms with E-state index in [4.69, 9.17) is 8.83 Å². The largest absolute Gasteiger partial charge is 0.472 e. The number of aryl methyl sites for hydroxylation is 3. The molecule has 0 amide bonds. The van der Waals surface area contributed by atoms with Crippen molar-refractivity contribution in [2.45, 2.75) is 413 Å². The lowest BCUT2D eigenvalue weighted by Gasteiger charge is -2.37. The van der Waals surface area contributed by atoms with Crippen molar-refractivity contribution in [2.75, 3.05) is 5.75 Å². The number of nitrogens with zero attached hydrogens (tertiary/aromatic N) is 2. The van der Waals surface area contributed by atoms with Gasteiger partial charge in [-0.15, -0.1) is 17.9 Å². The van der Waals surface area contributed by atoms with Crippen molar-refractivity contribution in [3.8, 4) is 0 Å². The van der Waals surface area contributed by atoms with E-state index in [1.54, 1.807) is 60.6 Å². The van der Waals surface area contributed by atoms with Crippen molar-refractivity contribution in [1.29, 1.82) is 0 Å². The number of aromatic nitrogens is 4. The molecule has 4 unspecified atom stereocenters. The number of sulfone groups is 1. The number of H-pyrrole nitrogens is 2. The fraction of sp³-hybridized carbons (Fsp3) is 0.581. The molecule has 11 aromatic rings. The van der Waals surface area contributed by atoms with Crippen molar-refractivity contribution < 1.29 is 17.3 Å². The third-order valence-corrected chi connectivity index (χ3v) is 29.3. The number of imidazole rings is 2. The van der Waals surface area contributed by atoms with E-state index in [1.165, 1.54) is 133 Å². The second-order valence-corrected chi connectivity index (χ2v) is 48.3. The Hall–Kier alpha value is -7.83. The first-order valence-electron chi connectivity index (χ1n) is 53.3. The van der Waals surface area contributed by atoms with E-state index in [0.717, 1.165) is 106 Å². The smallest absolute Gasteiger partial charge is 0.178 e. The number of benzene rings is 5. The number of rotatable bonds is 21. The molecule has 4 aliphatic rings. The standard InChI is InChI=1S/C11H16O2S.C11H16.C10H12N2.C10H16.2C10H14.C9H18.C8H16.C8H18.2C7H10O.2C7H10S.C6H10N2.C6H12.2CH4/c1-10(2)8-9-14(12,13)11-6-4-3-5-7-11;1-9(2)8-11-6-4-10(3)5-7-11;1-7(2)10-11-8-5-3-4-6-9(8)12-10;1-7(2)10-6-8-3-4-9(10)5-8;2*1-8(2)10-6-4-9(3)5-7-10;1-8(2)9-6-4-3-5-7-9;1-8(2,3)7-5-4-6-7;1-5-6-8(4)7(2)3;1-6(2)7-3-4-8-5-7;1-6(2)7-4-3-5-8-7;1-6(2)7-3-4-8-5-7;1-6(2)7-4-3-5-8-7;1-5(2)6-7-3-4-8-6;1-4-5-6(2)3;;/h3-7,10H,8-9H2,1-2H3;4-7,9H,8H2,1-3H3;3-7H,1-2H3,(H,11,12);3-4,7-10H,5-6H2,1-2H3;2*4-8H,1-3H3;8-9H,3-7H2,1-2H3;7H,4-6H2,1-3H3;7-8H,5-6H2,1-4H3;4*3-6H,1-2H3;3-5H,1-2H3,(H,7,8);4,6H,1,5H2,2-3H3;2*1H4. The van der Waals surface area contributed by atoms with Gasteiger partial charge in [-0.1, -0.05) is 439 Å². The highest BCUT2D eigenvalue weighted by Crippen LogP contribution is 2.47. The van der Waals surface area contributed by atoms with E-state index in [1.807, 2.05) is 86.0 Å². The fourth-order valence-electron chi connectivity index (χ4n) is 15.3. The van der Waals surface area contributed by atoms with E-state index >= 15 is 0 Å². The monoisotopic (exact) mass is 1980 g/mol. The second-order valence-electron chi connectivity index (χ2n) is 44.5. The predicted molar refractivity (Wildman–Crippen MR) is 627 cm³/mol. The number of nitrogens with one attached hydrogen (secondary N) is 2. The van der Waals surface area contributed by atoms with E-state index in [2.05, 4.69) is 381 Å². The van der Waals surface area contributed by atoms with Crippen LogP contribution in [-0.2, 0) is 16.3 Å². The van der Waals surface area contributed by atoms with Crippen molar-refractivity contribution in [1.82, 2.24) is 19.9 Å². The van der Waals surface area contributed by atoms with Crippen LogP contribution < -0.4 is 0 Å². The van der Waals surface area contributed by atoms with Crippen molar-refractivity contribution >= 4 is 43.5 Å². The first-order chi connectivity index (χ1) is 65.0. The molecule has 0 saturated heterocycles. The molecule has 4 atom stereocenters. The summed E-state index contributed by atoms with van der Waals surface area (Å²) in [4.78, 5) is 16.7. The maximum absolute atomic E-state index is 11.7. The molecule has 0 radical (unpaired) electrons. The molecule has 3 saturated carbocycles. The SMILES string of the molecule is C.C.C=CCC(C)C.CC(C)(C)C1CCC1.CC(C)C1CC2C=CC1C2.CC(C)C1CCCCC1.CC(C)CCS(=O)(=O)c1ccccc1.CC(C)c1ccco1.CC(C)c1cccs1.CC(C)c1ccoc1.CC(C)c1ccsc1.CC(C)c1nc2ccccc2[nH]1.CC(C)c1ncc[nH]1.CCCC(C)C(C)C.Cc1ccc(C(C)C)cc1.Cc1ccc(C(C)C)cc1.Cc1ccc(CC(C)C)cc1. The Morgan fingerprint density at radius 3 is 1.33 bits per heavy atom. The topological polar surface area (TPSA) is 118 Å². The van der Waals surface area contributed by atoms with Gasteiger partial charge in [0.1, 0.15) is 17.4 Å². The predicted octanol–water partition coefficient (Wildman–Crippen LogP) is 42.2. The molecule has 0 aliphatic heterocycles. The van der Waals surface area contributed by atoms with Crippen LogP contribution in [0.4, 0.5) is 0 Å². The Bertz CT molecular complexity index is 4450. The lowest BCUT2D eigenvalue weighted by Crippen LogP contribution is -2.26. The molecule has 788 valence electrons. The number of fused-ring (bicyclic) bond motifs is 3. The first-order valence-corrected chi connectivity index (χ1v) is 56.8. The maximum Gasteiger partial charge on any atom is 0.178 e. The molecular weight excluding hydrogens is 1770 g/mol. The van der Waals surface area contributed by atoms with Gasteiger partial charge in [0.05, 0.1) is 40.5 Å². The molecule has 11 heteroatoms. The Kier molecular flexibility index (Phi) is 72.7. The van der Waals surface area contributed by atoms with Crippen molar-refractivity contribution in [3.63, 3.8) is 0 Å². The van der Waals surface area contributed by atoms with Gasteiger partial charge in [-0.3, -0.25) is 0 Å². The van der Waals surface area contributed by atoms with Gasteiger partial charge in [0.25, 0.3) is 0 Å². The van der Waals surface area contributed by atoms with Crippen LogP contribution in [0.1, 0.15) is 447 Å². The maximum atomic E-state index is 11.7. The van der Waals surface area contributed by atoms with Crippen LogP contribution in [0.2, 0.25) is 0 Å². The number of allylic oxidation sites excluding steroid dienone is 3. The summed E-state index contributed by atoms with van der Waals surface area (Å²) in [6.45, 7) is 83.2. The van der Waals surface area contributed by atoms with Crippen LogP contribution in [-0.4, -0.2) is 34.1 Å². The highest BCUT2D eigenvalue weighted by Gasteiger charge is 2.37. The van der Waals surface area contributed by atoms with Gasteiger partial charge < -0.3 is 18.8 Å². The Morgan fingerprint density at radius 2 is 1.04 bits per heavy atom. The number of para-hydroxylation sites is 2. The molecule has 5 aromatic carbocycles. The molecule has 3 fully saturated rings. The zero-order chi connectivity index (χ0) is 104. The lowest BCUT2D eigenvalue weighted by molar-refractivity contribution is 0.141. The summed E-state index contributed by atoms with van der Waals surface area (Å²) in [6.07, 6.45) is 36.2. The molecule has 0 spiro atoms. The third-order valence-electron chi connectivity index (χ3n) is 25.6. The van der Waals surface area contributed by atoms with E-state index < -0.39 is 9.84 Å². The number of thiophene rings is 2. The molecule has 6 aromatic heterocycles. The minimum Gasteiger partial charge on any atom is -0.472 e. The minimum atomic E-state index is -3.06. The van der Waals surface area contributed by atoms with Crippen LogP contribution in [0.25, 0.3) is 11.0 Å². The zero-order valence-corrected chi connectivity index (χ0v) is 96.7. The normalized spacial score (nSPS) is 14.6. The third kappa shape index (κ3) is 62.0. The molecule has 8 nitrogen and oxygen atoms in total. The summed E-state index contributed by atoms with van der Waals surface area (Å²) in [6, 6.07) is 55.3. The van der Waals surface area contributed by atoms with Crippen molar-refractivity contribution in [3.05, 3.63) is 303 Å². The van der Waals surface area contributed by atoms with Crippen LogP contribution in [0.5, 0.6) is 0 Å². The number of hydrogen-bond acceptors (Lipinski definition) is 8. The molecule has 15 rings (SSSR count). The van der Waals surface area contributed by atoms with Crippen LogP contribution in [0.3, 0.4) is 0 Å². The Morgan fingerprint density at radius 1 is 0.500 bits per heavy atom. The van der Waals surface area contributed by atoms with Crippen LogP contribution in [0.15, 0.2) is 250 Å². The van der Waals surface area contributed by atoms with Gasteiger partial charge in [0, 0.05) is 35.0 Å². The first kappa shape index (κ1) is 134. The van der Waals surface area contributed by atoms with Gasteiger partial charge in [-0.25, -0.2) is 18.4 Å². The van der Waals surface area contributed by atoms with Gasteiger partial charge >= 0.3 is 0 Å². The summed E-state index contributed by atoms with van der Waals surface area (Å²) in [5.74, 6) is 18.8. The molecule has 6 heterocycles. The minimum absolute atomic E-state index is 0. The average Bonchev–Trinajstić information content (AvgIpc) is 1.67.